The molecule has 0 bridgehead atoms. The minimum atomic E-state index is -0.826. The van der Waals surface area contributed by atoms with Gasteiger partial charge in [0.2, 0.25) is 0 Å². The number of aryl methyl sites for hydroxylation is 1. The van der Waals surface area contributed by atoms with Gasteiger partial charge in [-0.3, -0.25) is 4.99 Å². The van der Waals surface area contributed by atoms with Crippen molar-refractivity contribution < 1.29 is 25.6 Å². The molecule has 0 amide bonds. The van der Waals surface area contributed by atoms with Crippen LogP contribution in [0.4, 0.5) is 5.69 Å². The van der Waals surface area contributed by atoms with E-state index >= 15 is 0 Å². The molecule has 128 valence electrons. The maximum atomic E-state index is 5.33. The van der Waals surface area contributed by atoms with Crippen LogP contribution < -0.4 is 4.74 Å². The van der Waals surface area contributed by atoms with Crippen molar-refractivity contribution in [3.63, 3.8) is 0 Å². The van der Waals surface area contributed by atoms with E-state index in [4.69, 9.17) is 21.8 Å². The number of benzene rings is 1. The molecule has 23 heavy (non-hydrogen) atoms. The van der Waals surface area contributed by atoms with Gasteiger partial charge in [-0.2, -0.15) is 0 Å². The van der Waals surface area contributed by atoms with Gasteiger partial charge >= 0.3 is 37.9 Å². The van der Waals surface area contributed by atoms with E-state index in [9.17, 15) is 0 Å². The first-order chi connectivity index (χ1) is 11.2. The summed E-state index contributed by atoms with van der Waals surface area (Å²) in [6.07, 6.45) is 8.77. The molecule has 1 aromatic carbocycles. The van der Waals surface area contributed by atoms with Crippen molar-refractivity contribution in [3.05, 3.63) is 28.6 Å². The van der Waals surface area contributed by atoms with Crippen LogP contribution in [0, 0.1) is 12.8 Å². The van der Waals surface area contributed by atoms with Crippen molar-refractivity contribution in [1.82, 2.24) is 0 Å². The third kappa shape index (κ3) is 7.58. The molecule has 3 nitrogen and oxygen atoms in total. The predicted molar refractivity (Wildman–Crippen MR) is 97.4 cm³/mol. The summed E-state index contributed by atoms with van der Waals surface area (Å²) >= 11 is -0.826. The van der Waals surface area contributed by atoms with Crippen molar-refractivity contribution in [2.75, 3.05) is 20.7 Å². The van der Waals surface area contributed by atoms with E-state index < -0.39 is 20.8 Å². The van der Waals surface area contributed by atoms with Crippen LogP contribution in [-0.2, 0) is 20.8 Å². The summed E-state index contributed by atoms with van der Waals surface area (Å²) in [6.45, 7) is 3.00. The van der Waals surface area contributed by atoms with Gasteiger partial charge in [0.1, 0.15) is 5.75 Å². The van der Waals surface area contributed by atoms with E-state index in [0.717, 1.165) is 35.0 Å². The molecule has 0 N–H and O–H groups in total. The van der Waals surface area contributed by atoms with E-state index in [-0.39, 0.29) is 0 Å². The standard InChI is InChI=1S/C17H25N2O.2ClH.Zr/c1-13-9-16(20-3)10-15(17(13)18-2)12-19-11-14-7-5-4-6-8-14;;;/h9-10,12,14H,4-8,11H2,1-3H3;2*1H;/q-1;;;+2/p-2. The summed E-state index contributed by atoms with van der Waals surface area (Å²) in [6, 6.07) is 4.03. The van der Waals surface area contributed by atoms with Crippen molar-refractivity contribution in [2.24, 2.45) is 10.9 Å². The fourth-order valence-electron chi connectivity index (χ4n) is 2.96. The topological polar surface area (TPSA) is 35.7 Å². The first-order valence-corrected chi connectivity index (χ1v) is 14.2. The zero-order valence-electron chi connectivity index (χ0n) is 14.1. The Morgan fingerprint density at radius 2 is 1.96 bits per heavy atom. The third-order valence-electron chi connectivity index (χ3n) is 4.08. The van der Waals surface area contributed by atoms with Crippen molar-refractivity contribution in [1.29, 1.82) is 0 Å². The second-order valence-corrected chi connectivity index (χ2v) is 9.41. The van der Waals surface area contributed by atoms with Crippen LogP contribution in [0.3, 0.4) is 0 Å². The Balaban J connectivity index is 0.000000816. The molecule has 0 atom stereocenters. The molecule has 1 saturated carbocycles. The number of halogens is 2. The number of hydrogen-bond donors (Lipinski definition) is 0. The van der Waals surface area contributed by atoms with E-state index in [0.29, 0.717) is 0 Å². The zero-order valence-corrected chi connectivity index (χ0v) is 18.1. The second kappa shape index (κ2) is 12.3. The van der Waals surface area contributed by atoms with Crippen molar-refractivity contribution in [3.8, 4) is 5.75 Å². The molecule has 6 heteroatoms. The summed E-state index contributed by atoms with van der Waals surface area (Å²) in [5.74, 6) is 1.64. The normalized spacial score (nSPS) is 15.0. The first-order valence-electron chi connectivity index (χ1n) is 7.90. The molecule has 0 unspecified atom stereocenters. The van der Waals surface area contributed by atoms with Crippen LogP contribution in [0.15, 0.2) is 17.1 Å². The molecule has 0 heterocycles. The first kappa shape index (κ1) is 21.0. The summed E-state index contributed by atoms with van der Waals surface area (Å²) in [5, 5.41) is 4.36. The van der Waals surface area contributed by atoms with Crippen molar-refractivity contribution in [2.45, 2.75) is 39.0 Å². The summed E-state index contributed by atoms with van der Waals surface area (Å²) in [7, 11) is 13.4. The van der Waals surface area contributed by atoms with Gasteiger partial charge in [-0.1, -0.05) is 24.8 Å². The molecule has 0 radical (unpaired) electrons. The van der Waals surface area contributed by atoms with Gasteiger partial charge in [-0.15, -0.1) is 12.7 Å². The third-order valence-corrected chi connectivity index (χ3v) is 4.08. The van der Waals surface area contributed by atoms with Crippen LogP contribution in [0.2, 0.25) is 0 Å². The predicted octanol–water partition coefficient (Wildman–Crippen LogP) is 6.01. The van der Waals surface area contributed by atoms with Crippen LogP contribution in [0.1, 0.15) is 43.2 Å². The monoisotopic (exact) mass is 433 g/mol. The number of aliphatic imine (C=N–C) groups is 1. The average molecular weight is 436 g/mol. The Bertz CT molecular complexity index is 492. The number of nitrogens with zero attached hydrogens (tertiary/aromatic N) is 2. The molecule has 1 aliphatic rings. The van der Waals surface area contributed by atoms with E-state index in [1.165, 1.54) is 32.1 Å². The van der Waals surface area contributed by atoms with Gasteiger partial charge < -0.3 is 10.1 Å². The average Bonchev–Trinajstić information content (AvgIpc) is 2.56. The van der Waals surface area contributed by atoms with Crippen molar-refractivity contribution >= 4 is 28.9 Å². The molecule has 0 aromatic heterocycles. The van der Waals surface area contributed by atoms with E-state index in [1.807, 2.05) is 25.4 Å². The number of rotatable bonds is 5. The fourth-order valence-corrected chi connectivity index (χ4v) is 2.96. The molecule has 1 aliphatic carbocycles. The molecular weight excluding hydrogens is 410 g/mol. The fraction of sp³-hybridized carbons (Fsp3) is 0.588. The molecular formula is C17H25Cl2N2OZr-. The zero-order chi connectivity index (χ0) is 17.1. The molecule has 0 spiro atoms. The Morgan fingerprint density at radius 3 is 2.52 bits per heavy atom. The van der Waals surface area contributed by atoms with Crippen LogP contribution in [0.25, 0.3) is 5.32 Å². The number of methoxy groups -OCH3 is 1. The van der Waals surface area contributed by atoms with Gasteiger partial charge in [0.25, 0.3) is 0 Å². The second-order valence-electron chi connectivity index (χ2n) is 5.68. The molecule has 2 rings (SSSR count). The summed E-state index contributed by atoms with van der Waals surface area (Å²) in [5.41, 5.74) is 3.20. The van der Waals surface area contributed by atoms with Gasteiger partial charge in [0, 0.05) is 12.8 Å². The van der Waals surface area contributed by atoms with Crippen LogP contribution in [-0.4, -0.2) is 26.9 Å². The summed E-state index contributed by atoms with van der Waals surface area (Å²) in [4.78, 5) is 4.65. The Hall–Kier alpha value is -0.0469. The Morgan fingerprint density at radius 1 is 1.30 bits per heavy atom. The van der Waals surface area contributed by atoms with Gasteiger partial charge in [0.15, 0.2) is 0 Å². The van der Waals surface area contributed by atoms with Gasteiger partial charge in [0.05, 0.1) is 7.11 Å². The molecule has 0 saturated heterocycles. The Labute approximate surface area is 158 Å². The van der Waals surface area contributed by atoms with Crippen LogP contribution in [0.5, 0.6) is 5.75 Å². The van der Waals surface area contributed by atoms with Gasteiger partial charge in [-0.25, -0.2) is 0 Å². The van der Waals surface area contributed by atoms with Crippen LogP contribution >= 0.6 is 17.0 Å². The number of hydrogen-bond acceptors (Lipinski definition) is 2. The maximum absolute atomic E-state index is 5.33. The SMILES string of the molecule is C[N-]c1c(C)cc(OC)cc1C=NCC1CCCCC1.[Cl][Zr][Cl]. The molecule has 1 fully saturated rings. The number of ether oxygens (including phenoxy) is 1. The minimum absolute atomic E-state index is 0.772. The molecule has 0 aliphatic heterocycles. The van der Waals surface area contributed by atoms with Gasteiger partial charge in [-0.05, 0) is 43.4 Å². The van der Waals surface area contributed by atoms with E-state index in [1.54, 1.807) is 7.11 Å². The molecule has 1 aromatic rings. The Kier molecular flexibility index (Phi) is 11.3. The quantitative estimate of drug-likeness (QED) is 0.522. The summed E-state index contributed by atoms with van der Waals surface area (Å²) < 4.78 is 5.33. The van der Waals surface area contributed by atoms with E-state index in [2.05, 4.69) is 17.2 Å².